The fraction of sp³-hybridized carbons (Fsp3) is 0. The topological polar surface area (TPSA) is 82.7 Å². The van der Waals surface area contributed by atoms with Gasteiger partial charge in [-0.15, -0.1) is 5.34 Å². The van der Waals surface area contributed by atoms with Crippen LogP contribution in [0.15, 0.2) is 28.2 Å². The average Bonchev–Trinajstić information content (AvgIpc) is 2.39. The molecule has 0 saturated carbocycles. The first-order chi connectivity index (χ1) is 4.85. The van der Waals surface area contributed by atoms with Gasteiger partial charge in [-0.1, -0.05) is 0 Å². The van der Waals surface area contributed by atoms with E-state index in [2.05, 4.69) is 4.42 Å². The van der Waals surface area contributed by atoms with E-state index in [0.29, 0.717) is 12.0 Å². The van der Waals surface area contributed by atoms with Gasteiger partial charge in [-0.25, -0.2) is 0 Å². The number of hydrogen-bond donors (Lipinski definition) is 0. The molecule has 1 heterocycles. The van der Waals surface area contributed by atoms with E-state index in [1.165, 1.54) is 6.26 Å². The molecule has 0 radical (unpaired) electrons. The van der Waals surface area contributed by atoms with Crippen molar-refractivity contribution in [2.45, 2.75) is 0 Å². The van der Waals surface area contributed by atoms with Gasteiger partial charge < -0.3 is 14.5 Å². The molecule has 0 spiro atoms. The summed E-state index contributed by atoms with van der Waals surface area (Å²) < 4.78 is 4.61. The van der Waals surface area contributed by atoms with Crippen molar-refractivity contribution in [2.24, 2.45) is 5.34 Å². The molecule has 6 heteroatoms. The Balaban J connectivity index is 0. The van der Waals surface area contributed by atoms with E-state index in [1.807, 2.05) is 0 Å². The number of rotatable bonds is 1. The zero-order chi connectivity index (χ0) is 7.82. The minimum Gasteiger partial charge on any atom is -0.462 e. The van der Waals surface area contributed by atoms with Crippen molar-refractivity contribution in [3.05, 3.63) is 34.3 Å². The summed E-state index contributed by atoms with van der Waals surface area (Å²) in [5.74, 6) is 0.375. The van der Waals surface area contributed by atoms with Crippen LogP contribution in [-0.2, 0) is 0 Å². The number of aldehydes is 1. The molecule has 0 N–H and O–H groups in total. The van der Waals surface area contributed by atoms with Gasteiger partial charge in [-0.2, -0.15) is 0 Å². The van der Waals surface area contributed by atoms with E-state index in [-0.39, 0.29) is 29.6 Å². The fourth-order valence-electron chi connectivity index (χ4n) is 0.358. The molecule has 0 aromatic carbocycles. The van der Waals surface area contributed by atoms with E-state index in [9.17, 15) is 4.79 Å². The molecule has 0 bridgehead atoms. The molecule has 5 nitrogen and oxygen atoms in total. The molecular weight excluding hydrogens is 161 g/mol. The third kappa shape index (κ3) is 7.24. The molecule has 11 heavy (non-hydrogen) atoms. The van der Waals surface area contributed by atoms with Crippen LogP contribution in [0.5, 0.6) is 0 Å². The Morgan fingerprint density at radius 2 is 2.18 bits per heavy atom. The molecule has 1 rings (SSSR count). The van der Waals surface area contributed by atoms with Gasteiger partial charge in [0.25, 0.3) is 0 Å². The first kappa shape index (κ1) is 13.0. The molecule has 0 amide bonds. The standard InChI is InChI=1S/C5H4O2.HNO2.Na/c6-4-5-2-1-3-7-5;2-1-3;/h1-4H;(H,2,3);/q;;+1/p-1. The second kappa shape index (κ2) is 9.35. The fourth-order valence-corrected chi connectivity index (χ4v) is 0.358. The van der Waals surface area contributed by atoms with Crippen molar-refractivity contribution in [3.63, 3.8) is 0 Å². The summed E-state index contributed by atoms with van der Waals surface area (Å²) in [6, 6.07) is 3.27. The van der Waals surface area contributed by atoms with Crippen LogP contribution in [-0.4, -0.2) is 6.29 Å². The number of furan rings is 1. The van der Waals surface area contributed by atoms with E-state index in [1.54, 1.807) is 12.1 Å². The SMILES string of the molecule is O=Cc1ccco1.O=N[O-].[Na+]. The molecule has 0 aliphatic heterocycles. The Kier molecular flexibility index (Phi) is 11.0. The van der Waals surface area contributed by atoms with Crippen molar-refractivity contribution < 1.29 is 38.8 Å². The first-order valence-electron chi connectivity index (χ1n) is 2.28. The summed E-state index contributed by atoms with van der Waals surface area (Å²) in [6.45, 7) is 0. The summed E-state index contributed by atoms with van der Waals surface area (Å²) in [7, 11) is 0. The summed E-state index contributed by atoms with van der Waals surface area (Å²) >= 11 is 0. The van der Waals surface area contributed by atoms with E-state index >= 15 is 0 Å². The van der Waals surface area contributed by atoms with Crippen molar-refractivity contribution in [3.8, 4) is 0 Å². The minimum absolute atomic E-state index is 0. The average molecular weight is 165 g/mol. The molecule has 54 valence electrons. The molecule has 0 fully saturated rings. The Hall–Kier alpha value is -0.650. The summed E-state index contributed by atoms with van der Waals surface area (Å²) in [6.07, 6.45) is 2.13. The monoisotopic (exact) mass is 165 g/mol. The van der Waals surface area contributed by atoms with Crippen LogP contribution < -0.4 is 29.6 Å². The van der Waals surface area contributed by atoms with Crippen LogP contribution in [0.4, 0.5) is 0 Å². The molecular formula is C5H4NNaO4. The number of nitrogens with zero attached hydrogens (tertiary/aromatic N) is 1. The van der Waals surface area contributed by atoms with Gasteiger partial charge in [-0.05, 0) is 12.1 Å². The van der Waals surface area contributed by atoms with E-state index < -0.39 is 0 Å². The largest absolute Gasteiger partial charge is 1.00 e. The third-order valence-corrected chi connectivity index (χ3v) is 0.659. The molecule has 1 aromatic heterocycles. The first-order valence-corrected chi connectivity index (χ1v) is 2.28. The van der Waals surface area contributed by atoms with Gasteiger partial charge in [-0.3, -0.25) is 4.79 Å². The van der Waals surface area contributed by atoms with Gasteiger partial charge in [0.05, 0.1) is 6.26 Å². The normalized spacial score (nSPS) is 6.55. The van der Waals surface area contributed by atoms with Gasteiger partial charge >= 0.3 is 29.6 Å². The Bertz CT molecular complexity index is 186. The Morgan fingerprint density at radius 3 is 2.36 bits per heavy atom. The van der Waals surface area contributed by atoms with Crippen LogP contribution in [0.3, 0.4) is 0 Å². The molecule has 0 aliphatic carbocycles. The van der Waals surface area contributed by atoms with E-state index in [4.69, 9.17) is 10.1 Å². The van der Waals surface area contributed by atoms with Crippen LogP contribution in [0.1, 0.15) is 10.6 Å². The zero-order valence-electron chi connectivity index (χ0n) is 5.89. The van der Waals surface area contributed by atoms with Crippen molar-refractivity contribution in [2.75, 3.05) is 0 Å². The maximum absolute atomic E-state index is 9.77. The third-order valence-electron chi connectivity index (χ3n) is 0.659. The van der Waals surface area contributed by atoms with Crippen LogP contribution in [0, 0.1) is 10.1 Å². The number of carbonyl (C=O) groups excluding carboxylic acids is 1. The summed E-state index contributed by atoms with van der Waals surface area (Å²) in [5.41, 5.74) is 0. The van der Waals surface area contributed by atoms with Gasteiger partial charge in [0, 0.05) is 0 Å². The maximum atomic E-state index is 9.77. The minimum atomic E-state index is 0. The zero-order valence-corrected chi connectivity index (χ0v) is 7.89. The van der Waals surface area contributed by atoms with Crippen LogP contribution in [0.2, 0.25) is 0 Å². The smallest absolute Gasteiger partial charge is 0.462 e. The second-order valence-electron chi connectivity index (χ2n) is 1.21. The number of hydrogen-bond acceptors (Lipinski definition) is 5. The predicted octanol–water partition coefficient (Wildman–Crippen LogP) is -1.65. The van der Waals surface area contributed by atoms with Crippen molar-refractivity contribution >= 4 is 6.29 Å². The second-order valence-corrected chi connectivity index (χ2v) is 1.21. The quantitative estimate of drug-likeness (QED) is 0.216. The van der Waals surface area contributed by atoms with E-state index in [0.717, 1.165) is 5.34 Å². The molecule has 0 atom stereocenters. The van der Waals surface area contributed by atoms with Gasteiger partial charge in [0.15, 0.2) is 12.0 Å². The number of carbonyl (C=O) groups is 1. The van der Waals surface area contributed by atoms with Crippen molar-refractivity contribution in [1.29, 1.82) is 0 Å². The molecule has 1 aromatic rings. The predicted molar refractivity (Wildman–Crippen MR) is 33.3 cm³/mol. The summed E-state index contributed by atoms with van der Waals surface area (Å²) in [5, 5.41) is 9.00. The molecule has 0 aliphatic rings. The van der Waals surface area contributed by atoms with Crippen LogP contribution >= 0.6 is 0 Å². The van der Waals surface area contributed by atoms with Crippen molar-refractivity contribution in [1.82, 2.24) is 0 Å². The Labute approximate surface area is 84.6 Å². The molecule has 0 unspecified atom stereocenters. The maximum Gasteiger partial charge on any atom is 1.00 e. The Morgan fingerprint density at radius 1 is 1.64 bits per heavy atom. The molecule has 0 saturated heterocycles. The van der Waals surface area contributed by atoms with Crippen LogP contribution in [0.25, 0.3) is 0 Å². The summed E-state index contributed by atoms with van der Waals surface area (Å²) in [4.78, 5) is 17.8. The van der Waals surface area contributed by atoms with Gasteiger partial charge in [0.2, 0.25) is 0 Å². The van der Waals surface area contributed by atoms with Gasteiger partial charge in [0.1, 0.15) is 0 Å².